The standard InChI is InChI=1S/C9H20N2O2/c1-8(2)7-13-9(12)11(4)6-5-10-3/h8,10H,5-7H2,1-4H3. The summed E-state index contributed by atoms with van der Waals surface area (Å²) in [5, 5.41) is 2.97. The number of carbonyl (C=O) groups excluding carboxylic acids is 1. The van der Waals surface area contributed by atoms with Crippen molar-refractivity contribution in [3.8, 4) is 0 Å². The minimum atomic E-state index is -0.246. The Morgan fingerprint density at radius 3 is 2.62 bits per heavy atom. The Kier molecular flexibility index (Phi) is 6.32. The van der Waals surface area contributed by atoms with Gasteiger partial charge in [-0.05, 0) is 13.0 Å². The number of ether oxygens (including phenoxy) is 1. The molecule has 1 N–H and O–H groups in total. The molecule has 0 saturated carbocycles. The SMILES string of the molecule is CNCCN(C)C(=O)OCC(C)C. The van der Waals surface area contributed by atoms with E-state index < -0.39 is 0 Å². The van der Waals surface area contributed by atoms with Gasteiger partial charge >= 0.3 is 6.09 Å². The lowest BCUT2D eigenvalue weighted by molar-refractivity contribution is 0.100. The monoisotopic (exact) mass is 188 g/mol. The first-order valence-corrected chi connectivity index (χ1v) is 4.60. The molecule has 0 rings (SSSR count). The van der Waals surface area contributed by atoms with E-state index in [1.165, 1.54) is 0 Å². The Morgan fingerprint density at radius 2 is 2.15 bits per heavy atom. The Bertz CT molecular complexity index is 149. The van der Waals surface area contributed by atoms with Gasteiger partial charge in [-0.1, -0.05) is 13.8 Å². The van der Waals surface area contributed by atoms with Crippen LogP contribution in [0, 0.1) is 5.92 Å². The van der Waals surface area contributed by atoms with Crippen LogP contribution in [-0.4, -0.2) is 44.8 Å². The Hall–Kier alpha value is -0.770. The van der Waals surface area contributed by atoms with Gasteiger partial charge in [0.25, 0.3) is 0 Å². The number of nitrogens with one attached hydrogen (secondary N) is 1. The highest BCUT2D eigenvalue weighted by Gasteiger charge is 2.09. The molecule has 0 bridgehead atoms. The number of likely N-dealkylation sites (N-methyl/N-ethyl adjacent to an activating group) is 2. The molecule has 78 valence electrons. The summed E-state index contributed by atoms with van der Waals surface area (Å²) in [4.78, 5) is 12.8. The van der Waals surface area contributed by atoms with Crippen LogP contribution in [0.15, 0.2) is 0 Å². The van der Waals surface area contributed by atoms with Crippen molar-refractivity contribution in [2.24, 2.45) is 5.92 Å². The fraction of sp³-hybridized carbons (Fsp3) is 0.889. The van der Waals surface area contributed by atoms with Gasteiger partial charge in [-0.15, -0.1) is 0 Å². The van der Waals surface area contributed by atoms with E-state index in [4.69, 9.17) is 4.74 Å². The molecular formula is C9H20N2O2. The molecule has 4 heteroatoms. The normalized spacial score (nSPS) is 10.2. The van der Waals surface area contributed by atoms with E-state index in [0.717, 1.165) is 6.54 Å². The molecule has 0 radical (unpaired) electrons. The maximum Gasteiger partial charge on any atom is 0.409 e. The first-order chi connectivity index (χ1) is 6.07. The molecule has 0 aliphatic carbocycles. The van der Waals surface area contributed by atoms with Crippen molar-refractivity contribution in [1.29, 1.82) is 0 Å². The lowest BCUT2D eigenvalue weighted by atomic mass is 10.2. The van der Waals surface area contributed by atoms with Crippen LogP contribution in [-0.2, 0) is 4.74 Å². The third kappa shape index (κ3) is 6.40. The van der Waals surface area contributed by atoms with Gasteiger partial charge in [0.1, 0.15) is 0 Å². The second-order valence-electron chi connectivity index (χ2n) is 3.50. The zero-order valence-corrected chi connectivity index (χ0v) is 8.96. The summed E-state index contributed by atoms with van der Waals surface area (Å²) in [6.07, 6.45) is -0.246. The van der Waals surface area contributed by atoms with Gasteiger partial charge in [0, 0.05) is 20.1 Å². The molecule has 0 unspecified atom stereocenters. The molecule has 0 aromatic rings. The molecule has 0 spiro atoms. The molecule has 0 heterocycles. The number of hydrogen-bond acceptors (Lipinski definition) is 3. The molecule has 1 amide bonds. The summed E-state index contributed by atoms with van der Waals surface area (Å²) >= 11 is 0. The summed E-state index contributed by atoms with van der Waals surface area (Å²) in [7, 11) is 3.59. The van der Waals surface area contributed by atoms with Crippen LogP contribution in [0.5, 0.6) is 0 Å². The van der Waals surface area contributed by atoms with Crippen molar-refractivity contribution in [1.82, 2.24) is 10.2 Å². The fourth-order valence-corrected chi connectivity index (χ4v) is 0.719. The average Bonchev–Trinajstić information content (AvgIpc) is 2.10. The summed E-state index contributed by atoms with van der Waals surface area (Å²) in [5.74, 6) is 0.390. The Labute approximate surface area is 80.2 Å². The van der Waals surface area contributed by atoms with E-state index in [-0.39, 0.29) is 6.09 Å². The van der Waals surface area contributed by atoms with Crippen molar-refractivity contribution in [2.75, 3.05) is 33.8 Å². The Balaban J connectivity index is 3.57. The van der Waals surface area contributed by atoms with Crippen molar-refractivity contribution >= 4 is 6.09 Å². The smallest absolute Gasteiger partial charge is 0.409 e. The van der Waals surface area contributed by atoms with Crippen LogP contribution >= 0.6 is 0 Å². The third-order valence-corrected chi connectivity index (χ3v) is 1.55. The molecule has 4 nitrogen and oxygen atoms in total. The second kappa shape index (κ2) is 6.71. The molecule has 0 aliphatic rings. The topological polar surface area (TPSA) is 41.6 Å². The summed E-state index contributed by atoms with van der Waals surface area (Å²) in [6, 6.07) is 0. The first kappa shape index (κ1) is 12.2. The third-order valence-electron chi connectivity index (χ3n) is 1.55. The van der Waals surface area contributed by atoms with Crippen LogP contribution in [0.3, 0.4) is 0 Å². The van der Waals surface area contributed by atoms with Crippen molar-refractivity contribution < 1.29 is 9.53 Å². The summed E-state index contributed by atoms with van der Waals surface area (Å²) in [5.41, 5.74) is 0. The number of nitrogens with zero attached hydrogens (tertiary/aromatic N) is 1. The van der Waals surface area contributed by atoms with Gasteiger partial charge in [-0.25, -0.2) is 4.79 Å². The van der Waals surface area contributed by atoms with Crippen molar-refractivity contribution in [3.05, 3.63) is 0 Å². The van der Waals surface area contributed by atoms with E-state index in [9.17, 15) is 4.79 Å². The largest absolute Gasteiger partial charge is 0.449 e. The van der Waals surface area contributed by atoms with Gasteiger partial charge < -0.3 is 15.0 Å². The second-order valence-corrected chi connectivity index (χ2v) is 3.50. The lowest BCUT2D eigenvalue weighted by Crippen LogP contribution is -2.33. The number of rotatable bonds is 5. The van der Waals surface area contributed by atoms with E-state index >= 15 is 0 Å². The van der Waals surface area contributed by atoms with Crippen LogP contribution in [0.4, 0.5) is 4.79 Å². The van der Waals surface area contributed by atoms with Crippen molar-refractivity contribution in [2.45, 2.75) is 13.8 Å². The Morgan fingerprint density at radius 1 is 1.54 bits per heavy atom. The lowest BCUT2D eigenvalue weighted by Gasteiger charge is -2.17. The van der Waals surface area contributed by atoms with Gasteiger partial charge in [0.2, 0.25) is 0 Å². The molecule has 0 aromatic carbocycles. The molecule has 0 aromatic heterocycles. The van der Waals surface area contributed by atoms with E-state index in [1.807, 2.05) is 20.9 Å². The minimum Gasteiger partial charge on any atom is -0.449 e. The first-order valence-electron chi connectivity index (χ1n) is 4.60. The zero-order valence-electron chi connectivity index (χ0n) is 8.96. The predicted octanol–water partition coefficient (Wildman–Crippen LogP) is 0.930. The maximum absolute atomic E-state index is 11.2. The average molecular weight is 188 g/mol. The zero-order chi connectivity index (χ0) is 10.3. The fourth-order valence-electron chi connectivity index (χ4n) is 0.719. The summed E-state index contributed by atoms with van der Waals surface area (Å²) in [6.45, 7) is 5.98. The number of amides is 1. The van der Waals surface area contributed by atoms with Crippen LogP contribution in [0.1, 0.15) is 13.8 Å². The maximum atomic E-state index is 11.2. The minimum absolute atomic E-state index is 0.246. The molecule has 13 heavy (non-hydrogen) atoms. The molecule has 0 aliphatic heterocycles. The van der Waals surface area contributed by atoms with Crippen LogP contribution < -0.4 is 5.32 Å². The molecule has 0 saturated heterocycles. The molecule has 0 fully saturated rings. The highest BCUT2D eigenvalue weighted by atomic mass is 16.6. The van der Waals surface area contributed by atoms with Gasteiger partial charge in [0.05, 0.1) is 6.61 Å². The van der Waals surface area contributed by atoms with E-state index in [2.05, 4.69) is 5.32 Å². The number of carbonyl (C=O) groups is 1. The van der Waals surface area contributed by atoms with Gasteiger partial charge in [-0.2, -0.15) is 0 Å². The van der Waals surface area contributed by atoms with Crippen LogP contribution in [0.25, 0.3) is 0 Å². The quantitative estimate of drug-likeness (QED) is 0.698. The highest BCUT2D eigenvalue weighted by molar-refractivity contribution is 5.67. The van der Waals surface area contributed by atoms with E-state index in [1.54, 1.807) is 11.9 Å². The van der Waals surface area contributed by atoms with Crippen LogP contribution in [0.2, 0.25) is 0 Å². The predicted molar refractivity (Wildman–Crippen MR) is 52.7 cm³/mol. The van der Waals surface area contributed by atoms with Gasteiger partial charge in [-0.3, -0.25) is 0 Å². The molecule has 0 atom stereocenters. The highest BCUT2D eigenvalue weighted by Crippen LogP contribution is 1.96. The van der Waals surface area contributed by atoms with Gasteiger partial charge in [0.15, 0.2) is 0 Å². The van der Waals surface area contributed by atoms with Crippen molar-refractivity contribution in [3.63, 3.8) is 0 Å². The van der Waals surface area contributed by atoms with E-state index in [0.29, 0.717) is 19.1 Å². The number of hydrogen-bond donors (Lipinski definition) is 1. The molecular weight excluding hydrogens is 168 g/mol. The summed E-state index contributed by atoms with van der Waals surface area (Å²) < 4.78 is 5.02.